The molecule has 0 atom stereocenters. The summed E-state index contributed by atoms with van der Waals surface area (Å²) < 4.78 is 5.20. The zero-order valence-electron chi connectivity index (χ0n) is 15.8. The highest BCUT2D eigenvalue weighted by Crippen LogP contribution is 2.26. The number of allylic oxidation sites excluding steroid dienone is 3. The lowest BCUT2D eigenvalue weighted by Gasteiger charge is -2.33. The van der Waals surface area contributed by atoms with Crippen molar-refractivity contribution in [2.24, 2.45) is 0 Å². The molecule has 1 amide bonds. The normalized spacial score (nSPS) is 15.7. The van der Waals surface area contributed by atoms with Gasteiger partial charge in [0.15, 0.2) is 0 Å². The number of hydrogen-bond donors (Lipinski definition) is 0. The highest BCUT2D eigenvalue weighted by Gasteiger charge is 2.20. The topological polar surface area (TPSA) is 45.7 Å². The Kier molecular flexibility index (Phi) is 6.79. The van der Waals surface area contributed by atoms with Crippen LogP contribution in [-0.4, -0.2) is 54.0 Å². The number of carbonyl (C=O) groups excluding carboxylic acids is 1. The van der Waals surface area contributed by atoms with Gasteiger partial charge in [0, 0.05) is 49.7 Å². The summed E-state index contributed by atoms with van der Waals surface area (Å²) in [5, 5.41) is 3.15. The van der Waals surface area contributed by atoms with Crippen LogP contribution in [0.5, 0.6) is 5.75 Å². The van der Waals surface area contributed by atoms with Crippen LogP contribution in [0.1, 0.15) is 12.6 Å². The number of piperazine rings is 1. The second-order valence-corrected chi connectivity index (χ2v) is 7.22. The lowest BCUT2D eigenvalue weighted by molar-refractivity contribution is -0.127. The first-order chi connectivity index (χ1) is 13.2. The third-order valence-electron chi connectivity index (χ3n) is 4.50. The first kappa shape index (κ1) is 19.3. The lowest BCUT2D eigenvalue weighted by atomic mass is 10.2. The maximum absolute atomic E-state index is 12.1. The molecule has 0 unspecified atom stereocenters. The van der Waals surface area contributed by atoms with Gasteiger partial charge < -0.3 is 9.64 Å². The second-order valence-electron chi connectivity index (χ2n) is 6.36. The van der Waals surface area contributed by atoms with Crippen LogP contribution in [0.25, 0.3) is 10.6 Å². The van der Waals surface area contributed by atoms with Gasteiger partial charge in [0.05, 0.1) is 12.8 Å². The number of methoxy groups -OCH3 is 1. The second kappa shape index (κ2) is 9.48. The minimum Gasteiger partial charge on any atom is -0.497 e. The van der Waals surface area contributed by atoms with Crippen LogP contribution in [0.2, 0.25) is 0 Å². The van der Waals surface area contributed by atoms with Crippen LogP contribution in [0.15, 0.2) is 53.9 Å². The standard InChI is InChI=1S/C21H25N3O2S/c1-3-4-5-6-20(25)24-13-11-23(12-14-24)15-18-16-27-21(22-18)17-7-9-19(26-2)10-8-17/h3-10,16H,11-15H2,1-2H3/b4-3+,6-5+. The molecular formula is C21H25N3O2S. The van der Waals surface area contributed by atoms with Crippen molar-refractivity contribution in [3.05, 3.63) is 59.6 Å². The van der Waals surface area contributed by atoms with Crippen molar-refractivity contribution in [1.29, 1.82) is 0 Å². The maximum atomic E-state index is 12.1. The van der Waals surface area contributed by atoms with Crippen LogP contribution in [0, 0.1) is 0 Å². The van der Waals surface area contributed by atoms with Crippen molar-refractivity contribution < 1.29 is 9.53 Å². The molecule has 2 aromatic rings. The molecular weight excluding hydrogens is 358 g/mol. The minimum absolute atomic E-state index is 0.0863. The quantitative estimate of drug-likeness (QED) is 0.565. The van der Waals surface area contributed by atoms with Gasteiger partial charge >= 0.3 is 0 Å². The summed E-state index contributed by atoms with van der Waals surface area (Å²) in [5.41, 5.74) is 2.19. The summed E-state index contributed by atoms with van der Waals surface area (Å²) in [6, 6.07) is 7.98. The molecule has 1 aliphatic rings. The number of hydrogen-bond acceptors (Lipinski definition) is 5. The fourth-order valence-corrected chi connectivity index (χ4v) is 3.77. The predicted octanol–water partition coefficient (Wildman–Crippen LogP) is 3.60. The molecule has 0 aliphatic carbocycles. The van der Waals surface area contributed by atoms with Crippen molar-refractivity contribution in [1.82, 2.24) is 14.8 Å². The summed E-state index contributed by atoms with van der Waals surface area (Å²) in [5.74, 6) is 0.937. The molecule has 1 aliphatic heterocycles. The number of nitrogens with zero attached hydrogens (tertiary/aromatic N) is 3. The van der Waals surface area contributed by atoms with Crippen molar-refractivity contribution >= 4 is 17.2 Å². The molecule has 2 heterocycles. The predicted molar refractivity (Wildman–Crippen MR) is 110 cm³/mol. The van der Waals surface area contributed by atoms with E-state index in [0.29, 0.717) is 0 Å². The van der Waals surface area contributed by atoms with Gasteiger partial charge in [-0.15, -0.1) is 11.3 Å². The smallest absolute Gasteiger partial charge is 0.246 e. The van der Waals surface area contributed by atoms with Gasteiger partial charge in [0.1, 0.15) is 10.8 Å². The highest BCUT2D eigenvalue weighted by molar-refractivity contribution is 7.13. The Balaban J connectivity index is 1.52. The largest absolute Gasteiger partial charge is 0.497 e. The molecule has 142 valence electrons. The molecule has 1 aromatic carbocycles. The molecule has 1 fully saturated rings. The Morgan fingerprint density at radius 1 is 1.19 bits per heavy atom. The Morgan fingerprint density at radius 3 is 2.59 bits per heavy atom. The van der Waals surface area contributed by atoms with Gasteiger partial charge in [-0.1, -0.05) is 18.2 Å². The Labute approximate surface area is 164 Å². The third-order valence-corrected chi connectivity index (χ3v) is 5.44. The monoisotopic (exact) mass is 383 g/mol. The minimum atomic E-state index is 0.0863. The number of rotatable bonds is 6. The fourth-order valence-electron chi connectivity index (χ4n) is 2.96. The lowest BCUT2D eigenvalue weighted by Crippen LogP contribution is -2.47. The number of thiazole rings is 1. The van der Waals surface area contributed by atoms with E-state index in [1.54, 1.807) is 30.6 Å². The zero-order valence-corrected chi connectivity index (χ0v) is 16.6. The first-order valence-electron chi connectivity index (χ1n) is 9.09. The molecule has 0 saturated carbocycles. The van der Waals surface area contributed by atoms with Gasteiger partial charge in [-0.25, -0.2) is 4.98 Å². The van der Waals surface area contributed by atoms with Crippen LogP contribution in [-0.2, 0) is 11.3 Å². The van der Waals surface area contributed by atoms with Crippen LogP contribution < -0.4 is 4.74 Å². The summed E-state index contributed by atoms with van der Waals surface area (Å²) in [6.07, 6.45) is 7.22. The van der Waals surface area contributed by atoms with Crippen LogP contribution in [0.4, 0.5) is 0 Å². The molecule has 1 aromatic heterocycles. The van der Waals surface area contributed by atoms with Crippen molar-refractivity contribution in [3.8, 4) is 16.3 Å². The Morgan fingerprint density at radius 2 is 1.93 bits per heavy atom. The van der Waals surface area contributed by atoms with E-state index in [2.05, 4.69) is 10.3 Å². The van der Waals surface area contributed by atoms with Crippen molar-refractivity contribution in [3.63, 3.8) is 0 Å². The van der Waals surface area contributed by atoms with E-state index in [4.69, 9.17) is 9.72 Å². The number of benzene rings is 1. The third kappa shape index (κ3) is 5.28. The number of carbonyl (C=O) groups is 1. The van der Waals surface area contributed by atoms with E-state index in [-0.39, 0.29) is 5.91 Å². The molecule has 5 nitrogen and oxygen atoms in total. The SMILES string of the molecule is C/C=C/C=C/C(=O)N1CCN(Cc2csc(-c3ccc(OC)cc3)n2)CC1. The zero-order chi connectivity index (χ0) is 19.1. The first-order valence-corrected chi connectivity index (χ1v) is 9.97. The van der Waals surface area contributed by atoms with Crippen molar-refractivity contribution in [2.45, 2.75) is 13.5 Å². The number of aromatic nitrogens is 1. The molecule has 27 heavy (non-hydrogen) atoms. The summed E-state index contributed by atoms with van der Waals surface area (Å²) in [6.45, 7) is 6.02. The van der Waals surface area contributed by atoms with E-state index < -0.39 is 0 Å². The molecule has 3 rings (SSSR count). The fraction of sp³-hybridized carbons (Fsp3) is 0.333. The molecule has 0 spiro atoms. The molecule has 0 radical (unpaired) electrons. The summed E-state index contributed by atoms with van der Waals surface area (Å²) >= 11 is 1.66. The number of ether oxygens (including phenoxy) is 1. The van der Waals surface area contributed by atoms with Gasteiger partial charge in [0.2, 0.25) is 5.91 Å². The number of amides is 1. The average molecular weight is 384 g/mol. The average Bonchev–Trinajstić information content (AvgIpc) is 3.17. The molecule has 0 N–H and O–H groups in total. The van der Waals surface area contributed by atoms with E-state index in [1.165, 1.54) is 0 Å². The van der Waals surface area contributed by atoms with Crippen LogP contribution >= 0.6 is 11.3 Å². The van der Waals surface area contributed by atoms with Gasteiger partial charge in [-0.05, 0) is 31.2 Å². The van der Waals surface area contributed by atoms with Gasteiger partial charge in [-0.2, -0.15) is 0 Å². The van der Waals surface area contributed by atoms with Crippen molar-refractivity contribution in [2.75, 3.05) is 33.3 Å². The van der Waals surface area contributed by atoms with E-state index >= 15 is 0 Å². The van der Waals surface area contributed by atoms with Gasteiger partial charge in [-0.3, -0.25) is 9.69 Å². The molecule has 1 saturated heterocycles. The van der Waals surface area contributed by atoms with E-state index in [1.807, 2.05) is 48.2 Å². The Bertz CT molecular complexity index is 803. The summed E-state index contributed by atoms with van der Waals surface area (Å²) in [4.78, 5) is 21.1. The molecule has 6 heteroatoms. The Hall–Kier alpha value is -2.44. The maximum Gasteiger partial charge on any atom is 0.246 e. The van der Waals surface area contributed by atoms with E-state index in [0.717, 1.165) is 54.7 Å². The molecule has 0 bridgehead atoms. The van der Waals surface area contributed by atoms with Gasteiger partial charge in [0.25, 0.3) is 0 Å². The summed E-state index contributed by atoms with van der Waals surface area (Å²) in [7, 11) is 1.67. The van der Waals surface area contributed by atoms with Crippen LogP contribution in [0.3, 0.4) is 0 Å². The highest BCUT2D eigenvalue weighted by atomic mass is 32.1. The van der Waals surface area contributed by atoms with E-state index in [9.17, 15) is 4.79 Å².